The summed E-state index contributed by atoms with van der Waals surface area (Å²) in [5.74, 6) is 0. The molecule has 0 fully saturated rings. The molecule has 0 aromatic carbocycles. The van der Waals surface area contributed by atoms with E-state index < -0.39 is 0 Å². The predicted octanol–water partition coefficient (Wildman–Crippen LogP) is 1.43. The number of allylic oxidation sites excluding steroid dienone is 1. The van der Waals surface area contributed by atoms with Crippen LogP contribution in [0.3, 0.4) is 0 Å². The number of nitrogens with zero attached hydrogens (tertiary/aromatic N) is 1. The summed E-state index contributed by atoms with van der Waals surface area (Å²) in [6.45, 7) is 11.5. The molecule has 66 valence electrons. The highest BCUT2D eigenvalue weighted by atomic mass is 14.9. The molecule has 1 heterocycles. The molecule has 0 saturated carbocycles. The molecule has 0 atom stereocenters. The molecule has 0 saturated heterocycles. The fourth-order valence-electron chi connectivity index (χ4n) is 0.861. The molecule has 0 radical (unpaired) electrons. The van der Waals surface area contributed by atoms with Gasteiger partial charge in [0.05, 0.1) is 0 Å². The van der Waals surface area contributed by atoms with Crippen LogP contribution < -0.4 is 10.6 Å². The maximum absolute atomic E-state index is 3.88. The lowest BCUT2D eigenvalue weighted by Gasteiger charge is -1.84. The van der Waals surface area contributed by atoms with Crippen molar-refractivity contribution >= 4 is 12.7 Å². The van der Waals surface area contributed by atoms with Crippen LogP contribution in [-0.2, 0) is 7.05 Å². The topological polar surface area (TPSA) is 4.93 Å². The second-order valence-electron chi connectivity index (χ2n) is 2.23. The highest BCUT2D eigenvalue weighted by Gasteiger charge is 1.83. The van der Waals surface area contributed by atoms with Gasteiger partial charge in [-0.3, -0.25) is 0 Å². The Balaban J connectivity index is 0.000000561. The quantitative estimate of drug-likeness (QED) is 0.590. The zero-order chi connectivity index (χ0) is 9.56. The zero-order valence-electron chi connectivity index (χ0n) is 8.17. The summed E-state index contributed by atoms with van der Waals surface area (Å²) in [7, 11) is 1.97. The lowest BCUT2D eigenvalue weighted by molar-refractivity contribution is 0.891. The van der Waals surface area contributed by atoms with Crippen molar-refractivity contribution in [2.75, 3.05) is 0 Å². The first-order valence-corrected chi connectivity index (χ1v) is 4.18. The van der Waals surface area contributed by atoms with Gasteiger partial charge in [-0.15, -0.1) is 0 Å². The second-order valence-corrected chi connectivity index (χ2v) is 2.23. The Morgan fingerprint density at radius 1 is 1.42 bits per heavy atom. The minimum Gasteiger partial charge on any atom is -0.351 e. The van der Waals surface area contributed by atoms with E-state index in [9.17, 15) is 0 Å². The molecule has 0 amide bonds. The van der Waals surface area contributed by atoms with Gasteiger partial charge in [0.2, 0.25) is 0 Å². The van der Waals surface area contributed by atoms with Crippen molar-refractivity contribution in [2.45, 2.75) is 13.8 Å². The van der Waals surface area contributed by atoms with E-state index in [2.05, 4.69) is 13.2 Å². The molecule has 1 aromatic heterocycles. The molecule has 0 N–H and O–H groups in total. The van der Waals surface area contributed by atoms with Gasteiger partial charge in [-0.25, -0.2) is 0 Å². The first kappa shape index (κ1) is 10.8. The molecular formula is C11H17N. The van der Waals surface area contributed by atoms with E-state index in [0.29, 0.717) is 0 Å². The number of hydrogen-bond acceptors (Lipinski definition) is 0. The fraction of sp³-hybridized carbons (Fsp3) is 0.273. The average Bonchev–Trinajstić information content (AvgIpc) is 2.41. The zero-order valence-corrected chi connectivity index (χ0v) is 8.17. The number of rotatable bonds is 1. The second kappa shape index (κ2) is 5.42. The highest BCUT2D eigenvalue weighted by molar-refractivity contribution is 5.35. The van der Waals surface area contributed by atoms with Gasteiger partial charge >= 0.3 is 0 Å². The van der Waals surface area contributed by atoms with Crippen molar-refractivity contribution in [3.8, 4) is 0 Å². The van der Waals surface area contributed by atoms with Gasteiger partial charge in [-0.05, 0) is 11.3 Å². The Bertz CT molecular complexity index is 330. The molecule has 1 heteroatoms. The fourth-order valence-corrected chi connectivity index (χ4v) is 0.861. The van der Waals surface area contributed by atoms with E-state index in [1.54, 1.807) is 6.08 Å². The van der Waals surface area contributed by atoms with Gasteiger partial charge in [-0.2, -0.15) is 0 Å². The van der Waals surface area contributed by atoms with E-state index in [0.717, 1.165) is 10.6 Å². The maximum atomic E-state index is 3.88. The lowest BCUT2D eigenvalue weighted by atomic mass is 10.4. The molecule has 0 spiro atoms. The molecule has 0 bridgehead atoms. The van der Waals surface area contributed by atoms with Crippen LogP contribution in [0.15, 0.2) is 24.9 Å². The highest BCUT2D eigenvalue weighted by Crippen LogP contribution is 1.69. The third kappa shape index (κ3) is 2.42. The lowest BCUT2D eigenvalue weighted by Crippen LogP contribution is -2.24. The Kier molecular flexibility index (Phi) is 4.86. The van der Waals surface area contributed by atoms with E-state index >= 15 is 0 Å². The third-order valence-corrected chi connectivity index (χ3v) is 1.53. The molecule has 0 unspecified atom stereocenters. The Morgan fingerprint density at radius 2 is 2.00 bits per heavy atom. The van der Waals surface area contributed by atoms with Crippen LogP contribution in [-0.4, -0.2) is 4.57 Å². The van der Waals surface area contributed by atoms with Crippen LogP contribution in [0, 0.1) is 0 Å². The Labute approximate surface area is 74.3 Å². The monoisotopic (exact) mass is 163 g/mol. The van der Waals surface area contributed by atoms with E-state index in [1.807, 2.05) is 43.8 Å². The van der Waals surface area contributed by atoms with Crippen molar-refractivity contribution < 1.29 is 0 Å². The van der Waals surface area contributed by atoms with Crippen molar-refractivity contribution in [3.05, 3.63) is 35.5 Å². The summed E-state index contributed by atoms with van der Waals surface area (Å²) in [6, 6.07) is 2.02. The molecular weight excluding hydrogens is 146 g/mol. The molecule has 12 heavy (non-hydrogen) atoms. The van der Waals surface area contributed by atoms with Crippen LogP contribution >= 0.6 is 0 Å². The minimum atomic E-state index is 1.03. The van der Waals surface area contributed by atoms with Crippen LogP contribution in [0.2, 0.25) is 0 Å². The number of hydrogen-bond donors (Lipinski definition) is 0. The maximum Gasteiger partial charge on any atom is 0.0404 e. The predicted molar refractivity (Wildman–Crippen MR) is 56.2 cm³/mol. The standard InChI is InChI=1S/C9H11N.C2H6/c1-4-5-9-6-7-10(3)8(9)2;1-2/h4-7H,1-2H2,3H3;1-2H3/b9-5-;. The van der Waals surface area contributed by atoms with Crippen LogP contribution in [0.25, 0.3) is 12.7 Å². The van der Waals surface area contributed by atoms with Gasteiger partial charge in [0.15, 0.2) is 0 Å². The van der Waals surface area contributed by atoms with E-state index in [-0.39, 0.29) is 0 Å². The summed E-state index contributed by atoms with van der Waals surface area (Å²) in [5.41, 5.74) is 0. The van der Waals surface area contributed by atoms with Crippen molar-refractivity contribution in [1.82, 2.24) is 4.57 Å². The van der Waals surface area contributed by atoms with Gasteiger partial charge in [0, 0.05) is 18.6 Å². The molecule has 0 aliphatic heterocycles. The average molecular weight is 163 g/mol. The molecule has 0 aliphatic rings. The molecule has 1 nitrogen and oxygen atoms in total. The third-order valence-electron chi connectivity index (χ3n) is 1.53. The van der Waals surface area contributed by atoms with Crippen molar-refractivity contribution in [3.63, 3.8) is 0 Å². The van der Waals surface area contributed by atoms with E-state index in [4.69, 9.17) is 0 Å². The smallest absolute Gasteiger partial charge is 0.0404 e. The first-order chi connectivity index (χ1) is 5.75. The Hall–Kier alpha value is -1.24. The summed E-state index contributed by atoms with van der Waals surface area (Å²) in [6.07, 6.45) is 5.70. The number of aryl methyl sites for hydroxylation is 1. The van der Waals surface area contributed by atoms with Crippen LogP contribution in [0.4, 0.5) is 0 Å². The van der Waals surface area contributed by atoms with Crippen LogP contribution in [0.5, 0.6) is 0 Å². The molecule has 0 aliphatic carbocycles. The van der Waals surface area contributed by atoms with Gasteiger partial charge in [0.1, 0.15) is 0 Å². The molecule has 1 rings (SSSR count). The van der Waals surface area contributed by atoms with Crippen molar-refractivity contribution in [2.24, 2.45) is 7.05 Å². The normalized spacial score (nSPS) is 10.4. The van der Waals surface area contributed by atoms with Gasteiger partial charge < -0.3 is 4.57 Å². The van der Waals surface area contributed by atoms with Gasteiger partial charge in [0.25, 0.3) is 0 Å². The SMILES string of the molecule is C=C/C=c1/ccn(C)c1=C.CC. The summed E-state index contributed by atoms with van der Waals surface area (Å²) >= 11 is 0. The first-order valence-electron chi connectivity index (χ1n) is 4.18. The largest absolute Gasteiger partial charge is 0.351 e. The molecule has 1 aromatic rings. The van der Waals surface area contributed by atoms with Gasteiger partial charge in [-0.1, -0.05) is 39.2 Å². The number of aromatic nitrogens is 1. The summed E-state index contributed by atoms with van der Waals surface area (Å²) in [4.78, 5) is 0. The summed E-state index contributed by atoms with van der Waals surface area (Å²) < 4.78 is 1.98. The van der Waals surface area contributed by atoms with Crippen LogP contribution in [0.1, 0.15) is 13.8 Å². The summed E-state index contributed by atoms with van der Waals surface area (Å²) in [5, 5.41) is 2.16. The van der Waals surface area contributed by atoms with Crippen molar-refractivity contribution in [1.29, 1.82) is 0 Å². The van der Waals surface area contributed by atoms with E-state index in [1.165, 1.54) is 0 Å². The minimum absolute atomic E-state index is 1.03. The Morgan fingerprint density at radius 3 is 2.33 bits per heavy atom.